The molecule has 0 aromatic heterocycles. The van der Waals surface area contributed by atoms with Crippen molar-refractivity contribution in [2.24, 2.45) is 0 Å². The summed E-state index contributed by atoms with van der Waals surface area (Å²) >= 11 is 0. The molecule has 0 rings (SSSR count). The lowest BCUT2D eigenvalue weighted by molar-refractivity contribution is -0.167. The summed E-state index contributed by atoms with van der Waals surface area (Å²) in [4.78, 5) is 38.3. The average molecular weight is 1050 g/mol. The highest BCUT2D eigenvalue weighted by atomic mass is 16.6. The van der Waals surface area contributed by atoms with Crippen LogP contribution in [-0.2, 0) is 28.6 Å². The summed E-state index contributed by atoms with van der Waals surface area (Å²) in [7, 11) is 0. The van der Waals surface area contributed by atoms with E-state index < -0.39 is 6.10 Å². The summed E-state index contributed by atoms with van der Waals surface area (Å²) in [5.41, 5.74) is 0. The molecule has 75 heavy (non-hydrogen) atoms. The van der Waals surface area contributed by atoms with E-state index >= 15 is 0 Å². The Kier molecular flexibility index (Phi) is 61.2. The zero-order valence-corrected chi connectivity index (χ0v) is 50.1. The second kappa shape index (κ2) is 63.6. The van der Waals surface area contributed by atoms with Gasteiger partial charge in [0, 0.05) is 19.3 Å². The minimum Gasteiger partial charge on any atom is -0.462 e. The van der Waals surface area contributed by atoms with Crippen molar-refractivity contribution in [3.63, 3.8) is 0 Å². The lowest BCUT2D eigenvalue weighted by Crippen LogP contribution is -2.30. The van der Waals surface area contributed by atoms with Crippen molar-refractivity contribution < 1.29 is 28.6 Å². The number of allylic oxidation sites excluding steroid dienone is 10. The SMILES string of the molecule is CC/C=C\C/C=C\C/C=C\C/C=C\C/C=C\CCCCCCCCCCCCCC(=O)OCC(COC(=O)CCCCCCCCCCCCCCCCC)OC(=O)CCCCCCCCCCCCCCCCC. The van der Waals surface area contributed by atoms with Crippen molar-refractivity contribution in [2.45, 2.75) is 348 Å². The maximum absolute atomic E-state index is 12.9. The lowest BCUT2D eigenvalue weighted by Gasteiger charge is -2.18. The van der Waals surface area contributed by atoms with Crippen LogP contribution in [-0.4, -0.2) is 37.2 Å². The summed E-state index contributed by atoms with van der Waals surface area (Å²) in [5.74, 6) is -0.849. The van der Waals surface area contributed by atoms with Crippen LogP contribution in [0.1, 0.15) is 342 Å². The maximum atomic E-state index is 12.9. The highest BCUT2D eigenvalue weighted by Gasteiger charge is 2.19. The molecule has 0 saturated heterocycles. The number of ether oxygens (including phenoxy) is 3. The smallest absolute Gasteiger partial charge is 0.306 e. The van der Waals surface area contributed by atoms with Gasteiger partial charge in [0.05, 0.1) is 0 Å². The zero-order valence-electron chi connectivity index (χ0n) is 50.1. The van der Waals surface area contributed by atoms with Gasteiger partial charge in [0.1, 0.15) is 13.2 Å². The second-order valence-electron chi connectivity index (χ2n) is 22.0. The Bertz CT molecular complexity index is 1340. The summed E-state index contributed by atoms with van der Waals surface area (Å²) in [6.45, 7) is 6.58. The van der Waals surface area contributed by atoms with Crippen LogP contribution in [0.2, 0.25) is 0 Å². The Morgan fingerprint density at radius 3 is 0.813 bits per heavy atom. The number of esters is 3. The third-order valence-electron chi connectivity index (χ3n) is 14.5. The molecule has 6 heteroatoms. The molecule has 0 spiro atoms. The molecule has 0 N–H and O–H groups in total. The normalized spacial score (nSPS) is 12.4. The number of carbonyl (C=O) groups excluding carboxylic acids is 3. The second-order valence-corrected chi connectivity index (χ2v) is 22.0. The first-order chi connectivity index (χ1) is 37.0. The lowest BCUT2D eigenvalue weighted by atomic mass is 10.0. The molecule has 1 unspecified atom stereocenters. The van der Waals surface area contributed by atoms with E-state index in [1.807, 2.05) is 0 Å². The first-order valence-corrected chi connectivity index (χ1v) is 32.8. The molecule has 0 aromatic rings. The van der Waals surface area contributed by atoms with E-state index in [4.69, 9.17) is 14.2 Å². The minimum atomic E-state index is -0.772. The molecular weight excluding hydrogens is 925 g/mol. The van der Waals surface area contributed by atoms with Gasteiger partial charge in [0.2, 0.25) is 0 Å². The zero-order chi connectivity index (χ0) is 54.3. The third kappa shape index (κ3) is 61.8. The van der Waals surface area contributed by atoms with E-state index in [1.165, 1.54) is 212 Å². The molecule has 0 saturated carbocycles. The molecule has 0 radical (unpaired) electrons. The van der Waals surface area contributed by atoms with Gasteiger partial charge in [0.15, 0.2) is 6.10 Å². The number of hydrogen-bond donors (Lipinski definition) is 0. The predicted molar refractivity (Wildman–Crippen MR) is 325 cm³/mol. The number of rotatable bonds is 60. The van der Waals surface area contributed by atoms with E-state index in [1.54, 1.807) is 0 Å². The molecule has 0 aliphatic rings. The van der Waals surface area contributed by atoms with E-state index in [0.29, 0.717) is 19.3 Å². The maximum Gasteiger partial charge on any atom is 0.306 e. The van der Waals surface area contributed by atoms with Crippen molar-refractivity contribution in [1.29, 1.82) is 0 Å². The number of carbonyl (C=O) groups is 3. The van der Waals surface area contributed by atoms with Crippen molar-refractivity contribution in [2.75, 3.05) is 13.2 Å². The molecule has 0 amide bonds. The summed E-state index contributed by atoms with van der Waals surface area (Å²) in [6.07, 6.45) is 80.8. The van der Waals surface area contributed by atoms with E-state index in [9.17, 15) is 14.4 Å². The molecule has 436 valence electrons. The van der Waals surface area contributed by atoms with E-state index in [2.05, 4.69) is 81.5 Å². The minimum absolute atomic E-state index is 0.0689. The largest absolute Gasteiger partial charge is 0.462 e. The molecule has 0 aliphatic carbocycles. The Labute approximate surface area is 466 Å². The molecule has 0 aromatic carbocycles. The Morgan fingerprint density at radius 2 is 0.520 bits per heavy atom. The van der Waals surface area contributed by atoms with Gasteiger partial charge in [-0.1, -0.05) is 319 Å². The Morgan fingerprint density at radius 1 is 0.280 bits per heavy atom. The third-order valence-corrected chi connectivity index (χ3v) is 14.5. The van der Waals surface area contributed by atoms with Crippen molar-refractivity contribution in [3.05, 3.63) is 60.8 Å². The molecule has 0 fully saturated rings. The van der Waals surface area contributed by atoms with Gasteiger partial charge in [-0.15, -0.1) is 0 Å². The van der Waals surface area contributed by atoms with Crippen molar-refractivity contribution in [3.8, 4) is 0 Å². The van der Waals surface area contributed by atoms with Gasteiger partial charge in [-0.05, 0) is 64.2 Å². The quantitative estimate of drug-likeness (QED) is 0.0261. The summed E-state index contributed by atoms with van der Waals surface area (Å²) in [5, 5.41) is 0. The fraction of sp³-hybridized carbons (Fsp3) is 0.812. The van der Waals surface area contributed by atoms with Crippen LogP contribution < -0.4 is 0 Å². The van der Waals surface area contributed by atoms with Crippen LogP contribution in [0.3, 0.4) is 0 Å². The predicted octanol–water partition coefficient (Wildman–Crippen LogP) is 22.3. The molecule has 6 nitrogen and oxygen atoms in total. The van der Waals surface area contributed by atoms with Crippen LogP contribution in [0.5, 0.6) is 0 Å². The van der Waals surface area contributed by atoms with Crippen LogP contribution >= 0.6 is 0 Å². The van der Waals surface area contributed by atoms with Crippen LogP contribution in [0, 0.1) is 0 Å². The standard InChI is InChI=1S/C69H124O6/c1-4-7-10-13-16-19-22-25-28-29-30-31-32-33-34-35-36-37-38-39-42-44-47-50-53-56-59-62-68(71)74-65-66(75-69(72)63-60-57-54-51-48-45-41-27-24-21-18-15-12-9-6-3)64-73-67(70)61-58-55-52-49-46-43-40-26-23-20-17-14-11-8-5-2/h7,10,16,19,25,28,30-31,33-34,66H,4-6,8-9,11-15,17-18,20-24,26-27,29,32,35-65H2,1-3H3/b10-7-,19-16-,28-25-,31-30-,34-33-. The Balaban J connectivity index is 4.26. The Hall–Kier alpha value is -2.89. The average Bonchev–Trinajstić information content (AvgIpc) is 3.41. The van der Waals surface area contributed by atoms with Gasteiger partial charge >= 0.3 is 17.9 Å². The van der Waals surface area contributed by atoms with Crippen molar-refractivity contribution >= 4 is 17.9 Å². The molecule has 0 bridgehead atoms. The summed E-state index contributed by atoms with van der Waals surface area (Å²) < 4.78 is 17.0. The molecule has 0 heterocycles. The number of hydrogen-bond acceptors (Lipinski definition) is 6. The number of unbranched alkanes of at least 4 members (excludes halogenated alkanes) is 39. The van der Waals surface area contributed by atoms with E-state index in [-0.39, 0.29) is 31.1 Å². The fourth-order valence-electron chi connectivity index (χ4n) is 9.65. The monoisotopic (exact) mass is 1050 g/mol. The molecular formula is C69H124O6. The first kappa shape index (κ1) is 72.1. The van der Waals surface area contributed by atoms with Crippen LogP contribution in [0.25, 0.3) is 0 Å². The topological polar surface area (TPSA) is 78.9 Å². The first-order valence-electron chi connectivity index (χ1n) is 32.8. The highest BCUT2D eigenvalue weighted by Crippen LogP contribution is 2.18. The van der Waals surface area contributed by atoms with Gasteiger partial charge < -0.3 is 14.2 Å². The van der Waals surface area contributed by atoms with Gasteiger partial charge in [-0.2, -0.15) is 0 Å². The van der Waals surface area contributed by atoms with Gasteiger partial charge in [-0.25, -0.2) is 0 Å². The van der Waals surface area contributed by atoms with Gasteiger partial charge in [0.25, 0.3) is 0 Å². The van der Waals surface area contributed by atoms with Gasteiger partial charge in [-0.3, -0.25) is 14.4 Å². The van der Waals surface area contributed by atoms with E-state index in [0.717, 1.165) is 89.9 Å². The van der Waals surface area contributed by atoms with Crippen LogP contribution in [0.15, 0.2) is 60.8 Å². The van der Waals surface area contributed by atoms with Crippen molar-refractivity contribution in [1.82, 2.24) is 0 Å². The van der Waals surface area contributed by atoms with Crippen LogP contribution in [0.4, 0.5) is 0 Å². The molecule has 1 atom stereocenters. The highest BCUT2D eigenvalue weighted by molar-refractivity contribution is 5.71. The fourth-order valence-corrected chi connectivity index (χ4v) is 9.65. The summed E-state index contributed by atoms with van der Waals surface area (Å²) in [6, 6.07) is 0. The molecule has 0 aliphatic heterocycles.